The number of carbonyl (C=O) groups excluding carboxylic acids is 3. The van der Waals surface area contributed by atoms with Gasteiger partial charge in [0, 0.05) is 19.3 Å². The Kier molecular flexibility index (Phi) is 55.5. The van der Waals surface area contributed by atoms with Crippen LogP contribution >= 0.6 is 0 Å². The Morgan fingerprint density at radius 3 is 0.863 bits per heavy atom. The lowest BCUT2D eigenvalue weighted by Gasteiger charge is -2.18. The van der Waals surface area contributed by atoms with Gasteiger partial charge in [-0.3, -0.25) is 14.4 Å². The summed E-state index contributed by atoms with van der Waals surface area (Å²) < 4.78 is 16.8. The highest BCUT2D eigenvalue weighted by molar-refractivity contribution is 5.71. The second-order valence-corrected chi connectivity index (χ2v) is 18.4. The van der Waals surface area contributed by atoms with Crippen LogP contribution in [0.25, 0.3) is 0 Å². The molecule has 0 bridgehead atoms. The molecule has 6 nitrogen and oxygen atoms in total. The maximum atomic E-state index is 12.8. The van der Waals surface area contributed by atoms with Crippen molar-refractivity contribution in [2.24, 2.45) is 0 Å². The maximum Gasteiger partial charge on any atom is 0.306 e. The van der Waals surface area contributed by atoms with E-state index in [9.17, 15) is 14.4 Å². The molecule has 0 aliphatic heterocycles. The molecule has 0 saturated heterocycles. The van der Waals surface area contributed by atoms with Gasteiger partial charge in [-0.25, -0.2) is 0 Å². The number of hydrogen-bond donors (Lipinski definition) is 0. The molecular formula is C67H104O6. The Balaban J connectivity index is 4.45. The SMILES string of the molecule is CC/C=C\C/C=C\C/C=C\C/C=C\C/C=C\C/C=C\C/C=C\CCCCCCCC(=O)OCC(COC(=O)CCCCCCC/C=C\C/C=C\CCC)OC(=O)CCCC/C=C\C/C=C\C/C=C\C/C=C\CC. The molecule has 73 heavy (non-hydrogen) atoms. The maximum absolute atomic E-state index is 12.8. The number of ether oxygens (including phenoxy) is 3. The molecule has 0 aromatic heterocycles. The lowest BCUT2D eigenvalue weighted by atomic mass is 10.1. The summed E-state index contributed by atoms with van der Waals surface area (Å²) >= 11 is 0. The molecule has 0 heterocycles. The van der Waals surface area contributed by atoms with Gasteiger partial charge in [-0.2, -0.15) is 0 Å². The van der Waals surface area contributed by atoms with E-state index in [-0.39, 0.29) is 37.5 Å². The summed E-state index contributed by atoms with van der Waals surface area (Å²) in [4.78, 5) is 38.1. The third kappa shape index (κ3) is 57.8. The van der Waals surface area contributed by atoms with Crippen molar-refractivity contribution in [2.45, 2.75) is 232 Å². The Morgan fingerprint density at radius 1 is 0.288 bits per heavy atom. The quantitative estimate of drug-likeness (QED) is 0.0261. The summed E-state index contributed by atoms with van der Waals surface area (Å²) in [6.45, 7) is 6.26. The van der Waals surface area contributed by atoms with E-state index in [4.69, 9.17) is 14.2 Å². The molecule has 1 unspecified atom stereocenters. The Hall–Kier alpha value is -4.97. The molecule has 0 spiro atoms. The minimum Gasteiger partial charge on any atom is -0.462 e. The fourth-order valence-corrected chi connectivity index (χ4v) is 7.21. The van der Waals surface area contributed by atoms with Crippen LogP contribution in [0.3, 0.4) is 0 Å². The Morgan fingerprint density at radius 2 is 0.534 bits per heavy atom. The van der Waals surface area contributed by atoms with Gasteiger partial charge in [0.2, 0.25) is 0 Å². The van der Waals surface area contributed by atoms with Gasteiger partial charge in [0.25, 0.3) is 0 Å². The largest absolute Gasteiger partial charge is 0.462 e. The number of carbonyl (C=O) groups is 3. The zero-order valence-corrected chi connectivity index (χ0v) is 46.6. The predicted octanol–water partition coefficient (Wildman–Crippen LogP) is 19.8. The first-order valence-corrected chi connectivity index (χ1v) is 29.0. The van der Waals surface area contributed by atoms with Gasteiger partial charge in [0.1, 0.15) is 13.2 Å². The van der Waals surface area contributed by atoms with Gasteiger partial charge in [0.15, 0.2) is 6.10 Å². The number of esters is 3. The summed E-state index contributed by atoms with van der Waals surface area (Å²) in [6.07, 6.45) is 86.7. The molecule has 408 valence electrons. The number of allylic oxidation sites excluding steroid dienone is 26. The van der Waals surface area contributed by atoms with Gasteiger partial charge in [-0.05, 0) is 141 Å². The molecule has 0 N–H and O–H groups in total. The van der Waals surface area contributed by atoms with Crippen LogP contribution in [0.4, 0.5) is 0 Å². The van der Waals surface area contributed by atoms with Crippen molar-refractivity contribution in [3.63, 3.8) is 0 Å². The van der Waals surface area contributed by atoms with Crippen molar-refractivity contribution in [1.29, 1.82) is 0 Å². The van der Waals surface area contributed by atoms with Gasteiger partial charge in [-0.1, -0.05) is 224 Å². The van der Waals surface area contributed by atoms with Gasteiger partial charge in [0.05, 0.1) is 0 Å². The van der Waals surface area contributed by atoms with E-state index in [0.717, 1.165) is 173 Å². The minimum atomic E-state index is -0.822. The topological polar surface area (TPSA) is 78.9 Å². The average Bonchev–Trinajstić information content (AvgIpc) is 3.39. The van der Waals surface area contributed by atoms with Crippen molar-refractivity contribution in [1.82, 2.24) is 0 Å². The molecule has 0 aliphatic rings. The van der Waals surface area contributed by atoms with Crippen LogP contribution in [0.15, 0.2) is 158 Å². The smallest absolute Gasteiger partial charge is 0.306 e. The van der Waals surface area contributed by atoms with Crippen LogP contribution in [0.2, 0.25) is 0 Å². The van der Waals surface area contributed by atoms with Crippen molar-refractivity contribution >= 4 is 17.9 Å². The van der Waals surface area contributed by atoms with Crippen molar-refractivity contribution in [3.8, 4) is 0 Å². The van der Waals surface area contributed by atoms with Gasteiger partial charge < -0.3 is 14.2 Å². The molecule has 1 atom stereocenters. The molecule has 0 aromatic rings. The highest BCUT2D eigenvalue weighted by Gasteiger charge is 2.19. The molecule has 0 aliphatic carbocycles. The third-order valence-corrected chi connectivity index (χ3v) is 11.5. The lowest BCUT2D eigenvalue weighted by Crippen LogP contribution is -2.30. The number of rotatable bonds is 50. The van der Waals surface area contributed by atoms with E-state index in [0.29, 0.717) is 19.3 Å². The average molecular weight is 1010 g/mol. The van der Waals surface area contributed by atoms with E-state index >= 15 is 0 Å². The second-order valence-electron chi connectivity index (χ2n) is 18.4. The first-order valence-electron chi connectivity index (χ1n) is 29.0. The molecule has 0 rings (SSSR count). The molecule has 0 saturated carbocycles. The van der Waals surface area contributed by atoms with Crippen molar-refractivity contribution in [3.05, 3.63) is 158 Å². The highest BCUT2D eigenvalue weighted by atomic mass is 16.6. The van der Waals surface area contributed by atoms with Gasteiger partial charge >= 0.3 is 17.9 Å². The van der Waals surface area contributed by atoms with E-state index < -0.39 is 6.10 Å². The molecular weight excluding hydrogens is 901 g/mol. The molecule has 0 amide bonds. The summed E-state index contributed by atoms with van der Waals surface area (Å²) in [7, 11) is 0. The fraction of sp³-hybridized carbons (Fsp3) is 0.567. The van der Waals surface area contributed by atoms with Crippen LogP contribution in [0.1, 0.15) is 226 Å². The van der Waals surface area contributed by atoms with Crippen LogP contribution < -0.4 is 0 Å². The monoisotopic (exact) mass is 1000 g/mol. The molecule has 6 heteroatoms. The summed E-state index contributed by atoms with van der Waals surface area (Å²) in [5.41, 5.74) is 0. The van der Waals surface area contributed by atoms with E-state index in [1.807, 2.05) is 0 Å². The molecule has 0 aromatic carbocycles. The summed E-state index contributed by atoms with van der Waals surface area (Å²) in [5, 5.41) is 0. The highest BCUT2D eigenvalue weighted by Crippen LogP contribution is 2.12. The molecule has 0 radical (unpaired) electrons. The van der Waals surface area contributed by atoms with Crippen LogP contribution in [0, 0.1) is 0 Å². The third-order valence-electron chi connectivity index (χ3n) is 11.5. The zero-order valence-electron chi connectivity index (χ0n) is 46.6. The van der Waals surface area contributed by atoms with E-state index in [1.54, 1.807) is 0 Å². The van der Waals surface area contributed by atoms with Crippen molar-refractivity contribution in [2.75, 3.05) is 13.2 Å². The minimum absolute atomic E-state index is 0.115. The number of unbranched alkanes of at least 4 members (excludes halogenated alkanes) is 13. The van der Waals surface area contributed by atoms with Crippen LogP contribution in [-0.4, -0.2) is 37.2 Å². The Labute approximate surface area is 448 Å². The normalized spacial score (nSPS) is 13.3. The standard InChI is InChI=1S/C67H104O6/c1-4-7-10-13-16-19-22-25-27-28-29-30-31-32-33-34-35-36-37-38-40-42-45-48-51-54-57-60-66(69)72-63-64(62-71-65(68)59-56-53-50-47-44-41-24-21-18-15-12-9-6-3)73-67(70)61-58-55-52-49-46-43-39-26-23-20-17-14-11-8-5-2/h7-8,10-12,15-17,19-21,24-27,29-30,32-33,35-36,38-40,46,49,64H,4-6,9,13-14,18,22-23,28,31,34,37,41-45,47-48,50-63H2,1-3H3/b10-7-,11-8-,15-12-,19-16-,20-17-,24-21-,27-25-,30-29-,33-32-,36-35-,39-26-,40-38-,49-46-. The predicted molar refractivity (Wildman–Crippen MR) is 315 cm³/mol. The molecule has 0 fully saturated rings. The summed E-state index contributed by atoms with van der Waals surface area (Å²) in [5.74, 6) is -1.000. The lowest BCUT2D eigenvalue weighted by molar-refractivity contribution is -0.167. The summed E-state index contributed by atoms with van der Waals surface area (Å²) in [6, 6.07) is 0. The first-order chi connectivity index (χ1) is 36.0. The van der Waals surface area contributed by atoms with Gasteiger partial charge in [-0.15, -0.1) is 0 Å². The van der Waals surface area contributed by atoms with E-state index in [1.165, 1.54) is 6.42 Å². The van der Waals surface area contributed by atoms with Crippen LogP contribution in [0.5, 0.6) is 0 Å². The fourth-order valence-electron chi connectivity index (χ4n) is 7.21. The van der Waals surface area contributed by atoms with Crippen LogP contribution in [-0.2, 0) is 28.6 Å². The zero-order chi connectivity index (χ0) is 52.9. The first kappa shape index (κ1) is 68.0. The number of hydrogen-bond acceptors (Lipinski definition) is 6. The van der Waals surface area contributed by atoms with Crippen molar-refractivity contribution < 1.29 is 28.6 Å². The second kappa shape index (κ2) is 59.6. The van der Waals surface area contributed by atoms with E-state index in [2.05, 4.69) is 179 Å². The Bertz CT molecular complexity index is 1670.